The molecular formula is C17H16FN3O2. The van der Waals surface area contributed by atoms with Crippen LogP contribution in [0.5, 0.6) is 0 Å². The molecule has 1 saturated heterocycles. The minimum absolute atomic E-state index is 0.152. The van der Waals surface area contributed by atoms with Gasteiger partial charge in [0.05, 0.1) is 0 Å². The Hall–Kier alpha value is -2.76. The zero-order valence-electron chi connectivity index (χ0n) is 12.5. The highest BCUT2D eigenvalue weighted by Crippen LogP contribution is 2.13. The van der Waals surface area contributed by atoms with Crippen LogP contribution in [0.4, 0.5) is 10.1 Å². The monoisotopic (exact) mass is 313 g/mol. The molecule has 0 saturated carbocycles. The van der Waals surface area contributed by atoms with Crippen molar-refractivity contribution in [1.82, 2.24) is 9.88 Å². The van der Waals surface area contributed by atoms with Crippen molar-refractivity contribution in [3.8, 4) is 0 Å². The fourth-order valence-corrected chi connectivity index (χ4v) is 2.49. The number of amides is 2. The number of pyridine rings is 1. The number of hydrogen-bond acceptors (Lipinski definition) is 3. The maximum absolute atomic E-state index is 12.9. The Morgan fingerprint density at radius 1 is 1.00 bits per heavy atom. The first-order valence-electron chi connectivity index (χ1n) is 7.47. The molecule has 1 aromatic heterocycles. The minimum atomic E-state index is -0.437. The van der Waals surface area contributed by atoms with Crippen molar-refractivity contribution < 1.29 is 14.0 Å². The molecule has 0 spiro atoms. The molecule has 0 aliphatic carbocycles. The molecule has 23 heavy (non-hydrogen) atoms. The van der Waals surface area contributed by atoms with Gasteiger partial charge in [-0.1, -0.05) is 6.07 Å². The molecule has 1 aliphatic heterocycles. The van der Waals surface area contributed by atoms with Crippen LogP contribution >= 0.6 is 0 Å². The Kier molecular flexibility index (Phi) is 4.32. The van der Waals surface area contributed by atoms with Gasteiger partial charge in [-0.3, -0.25) is 9.59 Å². The van der Waals surface area contributed by atoms with E-state index in [1.807, 2.05) is 0 Å². The van der Waals surface area contributed by atoms with Gasteiger partial charge < -0.3 is 10.2 Å². The van der Waals surface area contributed by atoms with E-state index in [0.717, 1.165) is 25.9 Å². The molecule has 1 aromatic carbocycles. The topological polar surface area (TPSA) is 62.3 Å². The lowest BCUT2D eigenvalue weighted by Crippen LogP contribution is -2.29. The molecule has 5 nitrogen and oxygen atoms in total. The van der Waals surface area contributed by atoms with Crippen LogP contribution in [0.15, 0.2) is 42.5 Å². The van der Waals surface area contributed by atoms with Crippen molar-refractivity contribution in [1.29, 1.82) is 0 Å². The van der Waals surface area contributed by atoms with Gasteiger partial charge in [-0.2, -0.15) is 0 Å². The van der Waals surface area contributed by atoms with Crippen molar-refractivity contribution in [2.45, 2.75) is 12.8 Å². The Morgan fingerprint density at radius 2 is 1.65 bits per heavy atom. The number of likely N-dealkylation sites (tertiary alicyclic amines) is 1. The summed E-state index contributed by atoms with van der Waals surface area (Å²) < 4.78 is 12.9. The third-order valence-electron chi connectivity index (χ3n) is 3.70. The Labute approximate surface area is 133 Å². The largest absolute Gasteiger partial charge is 0.337 e. The smallest absolute Gasteiger partial charge is 0.274 e. The average Bonchev–Trinajstić information content (AvgIpc) is 3.11. The zero-order chi connectivity index (χ0) is 16.2. The lowest BCUT2D eigenvalue weighted by molar-refractivity contribution is 0.0787. The van der Waals surface area contributed by atoms with E-state index in [1.165, 1.54) is 24.3 Å². The number of hydrogen-bond donors (Lipinski definition) is 1. The van der Waals surface area contributed by atoms with Crippen LogP contribution in [-0.2, 0) is 0 Å². The molecule has 0 unspecified atom stereocenters. The maximum atomic E-state index is 12.9. The summed E-state index contributed by atoms with van der Waals surface area (Å²) in [5.41, 5.74) is 0.882. The third kappa shape index (κ3) is 3.53. The number of carbonyl (C=O) groups is 2. The predicted molar refractivity (Wildman–Crippen MR) is 83.7 cm³/mol. The molecule has 2 aromatic rings. The first-order valence-corrected chi connectivity index (χ1v) is 7.47. The van der Waals surface area contributed by atoms with Crippen LogP contribution in [-0.4, -0.2) is 34.8 Å². The van der Waals surface area contributed by atoms with Gasteiger partial charge in [-0.15, -0.1) is 0 Å². The summed E-state index contributed by atoms with van der Waals surface area (Å²) in [5, 5.41) is 2.63. The number of benzene rings is 1. The number of nitrogens with one attached hydrogen (secondary N) is 1. The normalized spacial score (nSPS) is 13.9. The number of aromatic nitrogens is 1. The fourth-order valence-electron chi connectivity index (χ4n) is 2.49. The Balaban J connectivity index is 1.74. The molecule has 0 radical (unpaired) electrons. The fraction of sp³-hybridized carbons (Fsp3) is 0.235. The second-order valence-corrected chi connectivity index (χ2v) is 5.37. The van der Waals surface area contributed by atoms with Crippen molar-refractivity contribution in [2.24, 2.45) is 0 Å². The Morgan fingerprint density at radius 3 is 2.35 bits per heavy atom. The zero-order valence-corrected chi connectivity index (χ0v) is 12.5. The van der Waals surface area contributed by atoms with Crippen molar-refractivity contribution in [3.63, 3.8) is 0 Å². The number of nitrogens with zero attached hydrogens (tertiary/aromatic N) is 2. The molecule has 3 rings (SSSR count). The number of halogens is 1. The van der Waals surface area contributed by atoms with Crippen LogP contribution < -0.4 is 5.32 Å². The second-order valence-electron chi connectivity index (χ2n) is 5.37. The van der Waals surface area contributed by atoms with E-state index < -0.39 is 5.91 Å². The van der Waals surface area contributed by atoms with Gasteiger partial charge in [0.2, 0.25) is 0 Å². The summed E-state index contributed by atoms with van der Waals surface area (Å²) in [5.74, 6) is -0.967. The van der Waals surface area contributed by atoms with E-state index in [0.29, 0.717) is 5.69 Å². The van der Waals surface area contributed by atoms with E-state index >= 15 is 0 Å². The number of rotatable bonds is 3. The molecule has 1 N–H and O–H groups in total. The molecule has 1 aliphatic rings. The van der Waals surface area contributed by atoms with E-state index in [9.17, 15) is 14.0 Å². The quantitative estimate of drug-likeness (QED) is 0.947. The van der Waals surface area contributed by atoms with Gasteiger partial charge in [-0.05, 0) is 49.2 Å². The molecule has 2 heterocycles. The molecule has 1 fully saturated rings. The highest BCUT2D eigenvalue weighted by Gasteiger charge is 2.21. The highest BCUT2D eigenvalue weighted by molar-refractivity contribution is 6.03. The van der Waals surface area contributed by atoms with E-state index in [2.05, 4.69) is 10.3 Å². The Bertz CT molecular complexity index is 725. The molecule has 0 bridgehead atoms. The van der Waals surface area contributed by atoms with Gasteiger partial charge in [-0.25, -0.2) is 9.37 Å². The van der Waals surface area contributed by atoms with Crippen LogP contribution in [0.2, 0.25) is 0 Å². The standard InChI is InChI=1S/C17H16FN3O2/c18-12-6-8-13(9-7-12)19-16(22)14-4-3-5-15(20-14)17(23)21-10-1-2-11-21/h3-9H,1-2,10-11H2,(H,19,22). The second kappa shape index (κ2) is 6.56. The van der Waals surface area contributed by atoms with E-state index in [4.69, 9.17) is 0 Å². The first kappa shape index (κ1) is 15.1. The highest BCUT2D eigenvalue weighted by atomic mass is 19.1. The third-order valence-corrected chi connectivity index (χ3v) is 3.70. The van der Waals surface area contributed by atoms with Gasteiger partial charge in [0.1, 0.15) is 17.2 Å². The van der Waals surface area contributed by atoms with Crippen LogP contribution in [0.3, 0.4) is 0 Å². The SMILES string of the molecule is O=C(Nc1ccc(F)cc1)c1cccc(C(=O)N2CCCC2)n1. The summed E-state index contributed by atoms with van der Waals surface area (Å²) in [7, 11) is 0. The van der Waals surface area contributed by atoms with Crippen LogP contribution in [0.25, 0.3) is 0 Å². The first-order chi connectivity index (χ1) is 11.1. The van der Waals surface area contributed by atoms with Gasteiger partial charge >= 0.3 is 0 Å². The summed E-state index contributed by atoms with van der Waals surface area (Å²) in [6.07, 6.45) is 1.99. The lowest BCUT2D eigenvalue weighted by Gasteiger charge is -2.14. The average molecular weight is 313 g/mol. The number of anilines is 1. The summed E-state index contributed by atoms with van der Waals surface area (Å²) in [6.45, 7) is 1.46. The van der Waals surface area contributed by atoms with Gasteiger partial charge in [0, 0.05) is 18.8 Å². The summed E-state index contributed by atoms with van der Waals surface area (Å²) >= 11 is 0. The van der Waals surface area contributed by atoms with Crippen molar-refractivity contribution in [3.05, 3.63) is 59.7 Å². The summed E-state index contributed by atoms with van der Waals surface area (Å²) in [4.78, 5) is 30.4. The molecule has 6 heteroatoms. The lowest BCUT2D eigenvalue weighted by atomic mass is 10.2. The number of carbonyl (C=O) groups excluding carboxylic acids is 2. The van der Waals surface area contributed by atoms with Crippen LogP contribution in [0, 0.1) is 5.82 Å². The van der Waals surface area contributed by atoms with Gasteiger partial charge in [0.15, 0.2) is 0 Å². The molecule has 118 valence electrons. The summed E-state index contributed by atoms with van der Waals surface area (Å²) in [6, 6.07) is 10.2. The van der Waals surface area contributed by atoms with Crippen LogP contribution in [0.1, 0.15) is 33.8 Å². The maximum Gasteiger partial charge on any atom is 0.274 e. The minimum Gasteiger partial charge on any atom is -0.337 e. The van der Waals surface area contributed by atoms with E-state index in [-0.39, 0.29) is 23.1 Å². The predicted octanol–water partition coefficient (Wildman–Crippen LogP) is 2.71. The van der Waals surface area contributed by atoms with Crippen molar-refractivity contribution >= 4 is 17.5 Å². The molecular weight excluding hydrogens is 297 g/mol. The van der Waals surface area contributed by atoms with Gasteiger partial charge in [0.25, 0.3) is 11.8 Å². The molecule has 0 atom stereocenters. The van der Waals surface area contributed by atoms with E-state index in [1.54, 1.807) is 23.1 Å². The molecule has 2 amide bonds. The van der Waals surface area contributed by atoms with Crippen molar-refractivity contribution in [2.75, 3.05) is 18.4 Å².